The van der Waals surface area contributed by atoms with Crippen LogP contribution in [0.4, 0.5) is 18.3 Å². The highest BCUT2D eigenvalue weighted by Crippen LogP contribution is 2.31. The number of thiazole rings is 1. The second-order valence-corrected chi connectivity index (χ2v) is 3.83. The summed E-state index contributed by atoms with van der Waals surface area (Å²) in [7, 11) is 0. The summed E-state index contributed by atoms with van der Waals surface area (Å²) in [5.41, 5.74) is -1.03. The van der Waals surface area contributed by atoms with Crippen molar-refractivity contribution in [3.05, 3.63) is 35.2 Å². The average molecular weight is 262 g/mol. The van der Waals surface area contributed by atoms with E-state index in [-0.39, 0.29) is 10.9 Å². The molecule has 2 aromatic rings. The van der Waals surface area contributed by atoms with Gasteiger partial charge in [0.1, 0.15) is 0 Å². The van der Waals surface area contributed by atoms with E-state index in [1.807, 2.05) is 0 Å². The highest BCUT2D eigenvalue weighted by Gasteiger charge is 2.33. The normalized spacial score (nSPS) is 11.5. The lowest BCUT2D eigenvalue weighted by molar-refractivity contribution is -0.140. The fourth-order valence-electron chi connectivity index (χ4n) is 1.03. The first-order valence-electron chi connectivity index (χ1n) is 4.34. The molecule has 1 N–H and O–H groups in total. The molecule has 90 valence electrons. The number of hydrogen-bond donors (Lipinski definition) is 1. The number of nitrogens with zero attached hydrogens (tertiary/aromatic N) is 1. The van der Waals surface area contributed by atoms with Crippen LogP contribution in [0.5, 0.6) is 0 Å². The fourth-order valence-corrected chi connectivity index (χ4v) is 1.74. The molecule has 4 nitrogen and oxygen atoms in total. The van der Waals surface area contributed by atoms with Gasteiger partial charge < -0.3 is 4.42 Å². The van der Waals surface area contributed by atoms with Crippen molar-refractivity contribution in [1.29, 1.82) is 0 Å². The van der Waals surface area contributed by atoms with Gasteiger partial charge in [0.15, 0.2) is 16.6 Å². The van der Waals surface area contributed by atoms with E-state index in [0.29, 0.717) is 11.3 Å². The Hall–Kier alpha value is -1.83. The molecule has 0 spiro atoms. The Bertz CT molecular complexity index is 519. The zero-order valence-corrected chi connectivity index (χ0v) is 8.93. The molecule has 0 aliphatic carbocycles. The van der Waals surface area contributed by atoms with Crippen molar-refractivity contribution in [2.45, 2.75) is 6.18 Å². The van der Waals surface area contributed by atoms with E-state index in [0.717, 1.165) is 5.38 Å². The zero-order chi connectivity index (χ0) is 12.5. The minimum atomic E-state index is -4.51. The molecule has 0 aliphatic heterocycles. The number of carbonyl (C=O) groups is 1. The number of nitrogens with one attached hydrogen (secondary N) is 1. The van der Waals surface area contributed by atoms with Crippen molar-refractivity contribution in [1.82, 2.24) is 4.98 Å². The predicted octanol–water partition coefficient (Wildman–Crippen LogP) is 3.01. The van der Waals surface area contributed by atoms with Crippen molar-refractivity contribution < 1.29 is 22.4 Å². The second kappa shape index (κ2) is 4.21. The van der Waals surface area contributed by atoms with Gasteiger partial charge in [-0.15, -0.1) is 11.3 Å². The Labute approximate surface area is 97.1 Å². The van der Waals surface area contributed by atoms with Gasteiger partial charge in [-0.05, 0) is 12.1 Å². The predicted molar refractivity (Wildman–Crippen MR) is 53.8 cm³/mol. The summed E-state index contributed by atoms with van der Waals surface area (Å²) in [4.78, 5) is 14.7. The van der Waals surface area contributed by atoms with Crippen LogP contribution in [0.15, 0.2) is 28.2 Å². The minimum Gasteiger partial charge on any atom is -0.459 e. The molecule has 0 bridgehead atoms. The van der Waals surface area contributed by atoms with Gasteiger partial charge >= 0.3 is 6.18 Å². The maximum Gasteiger partial charge on any atom is 0.434 e. The van der Waals surface area contributed by atoms with Gasteiger partial charge in [0.2, 0.25) is 0 Å². The standard InChI is InChI=1S/C9H5F3N2O2S/c10-9(11,12)6-4-17-8(13-6)14-7(15)5-2-1-3-16-5/h1-4H,(H,13,14,15). The Morgan fingerprint density at radius 3 is 2.76 bits per heavy atom. The maximum atomic E-state index is 12.2. The maximum absolute atomic E-state index is 12.2. The van der Waals surface area contributed by atoms with E-state index in [9.17, 15) is 18.0 Å². The first kappa shape index (κ1) is 11.6. The summed E-state index contributed by atoms with van der Waals surface area (Å²) in [5, 5.41) is 2.92. The lowest BCUT2D eigenvalue weighted by Gasteiger charge is -2.00. The number of furan rings is 1. The molecule has 0 aromatic carbocycles. The molecule has 0 saturated heterocycles. The van der Waals surface area contributed by atoms with Crippen molar-refractivity contribution >= 4 is 22.4 Å². The van der Waals surface area contributed by atoms with Crippen molar-refractivity contribution in [2.24, 2.45) is 0 Å². The monoisotopic (exact) mass is 262 g/mol. The smallest absolute Gasteiger partial charge is 0.434 e. The van der Waals surface area contributed by atoms with Crippen LogP contribution in [0.3, 0.4) is 0 Å². The molecular weight excluding hydrogens is 257 g/mol. The van der Waals surface area contributed by atoms with E-state index in [4.69, 9.17) is 4.42 Å². The van der Waals surface area contributed by atoms with Crippen LogP contribution in [0, 0.1) is 0 Å². The number of amides is 1. The number of halogens is 3. The summed E-state index contributed by atoms with van der Waals surface area (Å²) in [6.07, 6.45) is -3.22. The molecule has 0 unspecified atom stereocenters. The number of hydrogen-bond acceptors (Lipinski definition) is 4. The third-order valence-electron chi connectivity index (χ3n) is 1.76. The highest BCUT2D eigenvalue weighted by atomic mass is 32.1. The largest absolute Gasteiger partial charge is 0.459 e. The first-order chi connectivity index (χ1) is 7.97. The van der Waals surface area contributed by atoms with Crippen molar-refractivity contribution in [2.75, 3.05) is 5.32 Å². The van der Waals surface area contributed by atoms with Crippen LogP contribution in [0.1, 0.15) is 16.2 Å². The Kier molecular flexibility index (Phi) is 2.88. The third kappa shape index (κ3) is 2.64. The molecule has 0 aliphatic rings. The van der Waals surface area contributed by atoms with E-state index in [2.05, 4.69) is 10.3 Å². The number of carbonyl (C=O) groups excluding carboxylic acids is 1. The molecule has 0 atom stereocenters. The molecule has 0 fully saturated rings. The molecule has 2 aromatic heterocycles. The van der Waals surface area contributed by atoms with Crippen LogP contribution >= 0.6 is 11.3 Å². The summed E-state index contributed by atoms with van der Waals surface area (Å²) in [6.45, 7) is 0. The van der Waals surface area contributed by atoms with Crippen LogP contribution in [-0.2, 0) is 6.18 Å². The van der Waals surface area contributed by atoms with Gasteiger partial charge in [-0.2, -0.15) is 13.2 Å². The average Bonchev–Trinajstić information content (AvgIpc) is 2.85. The molecule has 0 radical (unpaired) electrons. The number of rotatable bonds is 2. The van der Waals surface area contributed by atoms with E-state index >= 15 is 0 Å². The fraction of sp³-hybridized carbons (Fsp3) is 0.111. The van der Waals surface area contributed by atoms with Crippen molar-refractivity contribution in [3.8, 4) is 0 Å². The molecule has 2 heterocycles. The topological polar surface area (TPSA) is 55.1 Å². The number of aromatic nitrogens is 1. The number of anilines is 1. The first-order valence-corrected chi connectivity index (χ1v) is 5.22. The third-order valence-corrected chi connectivity index (χ3v) is 2.52. The van der Waals surface area contributed by atoms with E-state index in [1.165, 1.54) is 18.4 Å². The summed E-state index contributed by atoms with van der Waals surface area (Å²) >= 11 is 0.697. The van der Waals surface area contributed by atoms with Gasteiger partial charge in [-0.3, -0.25) is 10.1 Å². The highest BCUT2D eigenvalue weighted by molar-refractivity contribution is 7.14. The van der Waals surface area contributed by atoms with Gasteiger partial charge in [0, 0.05) is 5.38 Å². The molecule has 2 rings (SSSR count). The van der Waals surface area contributed by atoms with Gasteiger partial charge in [0.05, 0.1) is 6.26 Å². The van der Waals surface area contributed by atoms with Crippen molar-refractivity contribution in [3.63, 3.8) is 0 Å². The Morgan fingerprint density at radius 1 is 1.47 bits per heavy atom. The SMILES string of the molecule is O=C(Nc1nc(C(F)(F)F)cs1)c1ccco1. The summed E-state index contributed by atoms with van der Waals surface area (Å²) in [5.74, 6) is -0.633. The van der Waals surface area contributed by atoms with Gasteiger partial charge in [-0.1, -0.05) is 0 Å². The minimum absolute atomic E-state index is 0.00811. The van der Waals surface area contributed by atoms with E-state index in [1.54, 1.807) is 0 Å². The summed E-state index contributed by atoms with van der Waals surface area (Å²) in [6, 6.07) is 2.89. The quantitative estimate of drug-likeness (QED) is 0.905. The van der Waals surface area contributed by atoms with Crippen LogP contribution < -0.4 is 5.32 Å². The van der Waals surface area contributed by atoms with Gasteiger partial charge in [-0.25, -0.2) is 4.98 Å². The molecule has 17 heavy (non-hydrogen) atoms. The lowest BCUT2D eigenvalue weighted by Crippen LogP contribution is -2.11. The van der Waals surface area contributed by atoms with E-state index < -0.39 is 17.8 Å². The van der Waals surface area contributed by atoms with Crippen LogP contribution in [0.25, 0.3) is 0 Å². The Balaban J connectivity index is 2.10. The molecule has 8 heteroatoms. The zero-order valence-electron chi connectivity index (χ0n) is 8.12. The number of alkyl halides is 3. The molecule has 1 amide bonds. The molecular formula is C9H5F3N2O2S. The van der Waals surface area contributed by atoms with Crippen LogP contribution in [-0.4, -0.2) is 10.9 Å². The lowest BCUT2D eigenvalue weighted by atomic mass is 10.4. The van der Waals surface area contributed by atoms with Gasteiger partial charge in [0.25, 0.3) is 5.91 Å². The van der Waals surface area contributed by atoms with Crippen LogP contribution in [0.2, 0.25) is 0 Å². The summed E-state index contributed by atoms with van der Waals surface area (Å²) < 4.78 is 41.5. The Morgan fingerprint density at radius 2 is 2.24 bits per heavy atom. The molecule has 0 saturated carbocycles. The second-order valence-electron chi connectivity index (χ2n) is 2.97.